The average molecular weight is 484 g/mol. The van der Waals surface area contributed by atoms with E-state index < -0.39 is 78.8 Å². The van der Waals surface area contributed by atoms with Gasteiger partial charge in [-0.15, -0.1) is 0 Å². The van der Waals surface area contributed by atoms with Crippen molar-refractivity contribution in [3.8, 4) is 5.75 Å². The fourth-order valence-corrected chi connectivity index (χ4v) is 5.09. The molecule has 0 aromatic heterocycles. The van der Waals surface area contributed by atoms with Crippen LogP contribution in [0.3, 0.4) is 0 Å². The van der Waals surface area contributed by atoms with Crippen LogP contribution < -0.4 is 0 Å². The van der Waals surface area contributed by atoms with Crippen molar-refractivity contribution in [2.24, 2.45) is 0 Å². The molecule has 0 unspecified atom stereocenters. The Kier molecular flexibility index (Phi) is 5.57. The summed E-state index contributed by atoms with van der Waals surface area (Å²) < 4.78 is 27.2. The molecule has 0 bridgehead atoms. The van der Waals surface area contributed by atoms with Gasteiger partial charge in [0.2, 0.25) is 0 Å². The van der Waals surface area contributed by atoms with Gasteiger partial charge < -0.3 is 54.3 Å². The van der Waals surface area contributed by atoms with Gasteiger partial charge in [-0.1, -0.05) is 12.1 Å². The largest absolute Gasteiger partial charge is 0.508 e. The summed E-state index contributed by atoms with van der Waals surface area (Å²) in [6.07, 6.45) is -10.8. The monoisotopic (exact) mass is 484 g/mol. The van der Waals surface area contributed by atoms with Crippen LogP contribution in [0.1, 0.15) is 17.9 Å². The Morgan fingerprint density at radius 3 is 2.44 bits per heavy atom. The maximum absolute atomic E-state index is 13.1. The Morgan fingerprint density at radius 2 is 1.76 bits per heavy atom. The summed E-state index contributed by atoms with van der Waals surface area (Å²) in [5.41, 5.74) is -1.84. The first-order chi connectivity index (χ1) is 16.1. The normalized spacial score (nSPS) is 45.9. The lowest BCUT2D eigenvalue weighted by Gasteiger charge is -2.40. The summed E-state index contributed by atoms with van der Waals surface area (Å²) >= 11 is 0. The van der Waals surface area contributed by atoms with E-state index in [4.69, 9.17) is 23.7 Å². The highest BCUT2D eigenvalue weighted by Crippen LogP contribution is 2.56. The minimum atomic E-state index is -2.46. The molecular weight excluding hydrogens is 460 g/mol. The molecule has 1 aromatic carbocycles. The van der Waals surface area contributed by atoms with Crippen molar-refractivity contribution < 1.29 is 63.9 Å². The van der Waals surface area contributed by atoms with Crippen LogP contribution in [0.2, 0.25) is 0 Å². The number of aromatic hydroxyl groups is 1. The van der Waals surface area contributed by atoms with Crippen molar-refractivity contribution in [2.45, 2.75) is 66.6 Å². The first-order valence-corrected chi connectivity index (χ1v) is 10.7. The number of esters is 2. The van der Waals surface area contributed by atoms with Gasteiger partial charge in [-0.2, -0.15) is 0 Å². The molecule has 13 heteroatoms. The number of benzene rings is 1. The molecule has 186 valence electrons. The van der Waals surface area contributed by atoms with E-state index in [9.17, 15) is 40.2 Å². The van der Waals surface area contributed by atoms with E-state index in [1.165, 1.54) is 24.3 Å². The third-order valence-corrected chi connectivity index (χ3v) is 6.85. The molecule has 0 saturated carbocycles. The Bertz CT molecular complexity index is 966. The minimum Gasteiger partial charge on any atom is -0.508 e. The molecule has 4 aliphatic heterocycles. The van der Waals surface area contributed by atoms with Crippen LogP contribution >= 0.6 is 0 Å². The molecule has 0 radical (unpaired) electrons. The second-order valence-electron chi connectivity index (χ2n) is 8.76. The van der Waals surface area contributed by atoms with Gasteiger partial charge in [-0.25, -0.2) is 4.79 Å². The van der Waals surface area contributed by atoms with Crippen LogP contribution in [0.25, 0.3) is 0 Å². The van der Waals surface area contributed by atoms with E-state index in [1.807, 2.05) is 0 Å². The first kappa shape index (κ1) is 23.4. The molecule has 13 nitrogen and oxygen atoms in total. The highest BCUT2D eigenvalue weighted by Gasteiger charge is 2.81. The number of rotatable bonds is 4. The molecule has 4 fully saturated rings. The van der Waals surface area contributed by atoms with Crippen LogP contribution in [-0.2, 0) is 33.3 Å². The van der Waals surface area contributed by atoms with E-state index in [2.05, 4.69) is 0 Å². The van der Waals surface area contributed by atoms with Gasteiger partial charge in [0.25, 0.3) is 11.4 Å². The highest BCUT2D eigenvalue weighted by molar-refractivity contribution is 5.92. The molecule has 4 saturated heterocycles. The Labute approximate surface area is 192 Å². The number of carbonyl (C=O) groups is 2. The van der Waals surface area contributed by atoms with Gasteiger partial charge >= 0.3 is 11.9 Å². The summed E-state index contributed by atoms with van der Waals surface area (Å²) in [6.45, 7) is -1.05. The zero-order valence-corrected chi connectivity index (χ0v) is 17.6. The molecule has 0 aliphatic carbocycles. The molecule has 0 amide bonds. The van der Waals surface area contributed by atoms with Crippen molar-refractivity contribution in [2.75, 3.05) is 13.2 Å². The molecule has 1 spiro atoms. The number of carbonyl (C=O) groups excluding carboxylic acids is 2. The number of phenolic OH excluding ortho intramolecular Hbond substituents is 1. The number of ether oxygens (including phenoxy) is 5. The fourth-order valence-electron chi connectivity index (χ4n) is 5.09. The molecule has 1 aromatic rings. The van der Waals surface area contributed by atoms with Crippen molar-refractivity contribution >= 4 is 11.9 Å². The third kappa shape index (κ3) is 3.17. The number of aliphatic hydroxyl groups excluding tert-OH is 4. The number of phenols is 1. The highest BCUT2D eigenvalue weighted by atomic mass is 16.8. The van der Waals surface area contributed by atoms with Gasteiger partial charge in [-0.3, -0.25) is 4.79 Å². The Hall–Kier alpha value is -2.36. The van der Waals surface area contributed by atoms with Crippen molar-refractivity contribution in [1.82, 2.24) is 0 Å². The standard InChI is InChI=1S/C21H24O13/c22-6-11-14(25)15(26)16(27)18(31-11)32-12-7-30-21(29)17(12)33-19(28)20(21)10(5-13(24)34-20)8-1-3-9(23)4-2-8/h1-4,10-12,14-18,22-23,25-27,29H,5-7H2/t10-,11-,12+,14-,15+,16-,17-,18+,20-,21+/m1/s1. The van der Waals surface area contributed by atoms with E-state index in [1.54, 1.807) is 0 Å². The van der Waals surface area contributed by atoms with Crippen LogP contribution in [0.15, 0.2) is 24.3 Å². The van der Waals surface area contributed by atoms with E-state index in [-0.39, 0.29) is 18.8 Å². The maximum Gasteiger partial charge on any atom is 0.357 e. The molecule has 4 heterocycles. The number of aliphatic hydroxyl groups is 5. The molecule has 5 rings (SSSR count). The predicted molar refractivity (Wildman–Crippen MR) is 104 cm³/mol. The second-order valence-corrected chi connectivity index (χ2v) is 8.76. The fraction of sp³-hybridized carbons (Fsp3) is 0.619. The van der Waals surface area contributed by atoms with Crippen LogP contribution in [-0.4, -0.2) is 110 Å². The first-order valence-electron chi connectivity index (χ1n) is 10.7. The maximum atomic E-state index is 13.1. The quantitative estimate of drug-likeness (QED) is 0.236. The SMILES string of the molecule is O=C1C[C@H](c2ccc(O)cc2)[C@@]2(O1)C(=O)O[C@@H]1[C@@H](O[C@@H]3O[C@H](CO)[C@@H](O)[C@H](O)[C@H]3O)CO[C@@]12O. The van der Waals surface area contributed by atoms with Gasteiger partial charge in [0, 0.05) is 0 Å². The zero-order chi connectivity index (χ0) is 24.4. The van der Waals surface area contributed by atoms with Crippen LogP contribution in [0, 0.1) is 0 Å². The lowest BCUT2D eigenvalue weighted by atomic mass is 9.76. The smallest absolute Gasteiger partial charge is 0.357 e. The number of fused-ring (bicyclic) bond motifs is 2. The van der Waals surface area contributed by atoms with E-state index in [0.29, 0.717) is 5.56 Å². The molecule has 6 N–H and O–H groups in total. The van der Waals surface area contributed by atoms with Crippen LogP contribution in [0.4, 0.5) is 0 Å². The van der Waals surface area contributed by atoms with E-state index in [0.717, 1.165) is 0 Å². The predicted octanol–water partition coefficient (Wildman–Crippen LogP) is -3.01. The second kappa shape index (κ2) is 8.10. The minimum absolute atomic E-state index is 0.0428. The molecule has 4 aliphatic rings. The number of hydrogen-bond donors (Lipinski definition) is 6. The Morgan fingerprint density at radius 1 is 1.06 bits per heavy atom. The summed E-state index contributed by atoms with van der Waals surface area (Å²) in [4.78, 5) is 25.4. The van der Waals surface area contributed by atoms with Gasteiger partial charge in [-0.05, 0) is 17.7 Å². The lowest BCUT2D eigenvalue weighted by Crippen LogP contribution is -2.61. The lowest BCUT2D eigenvalue weighted by molar-refractivity contribution is -0.315. The summed E-state index contributed by atoms with van der Waals surface area (Å²) in [5, 5.41) is 60.6. The van der Waals surface area contributed by atoms with Gasteiger partial charge in [0.05, 0.1) is 25.6 Å². The summed E-state index contributed by atoms with van der Waals surface area (Å²) in [6, 6.07) is 5.66. The third-order valence-electron chi connectivity index (χ3n) is 6.85. The molecular formula is C21H24O13. The van der Waals surface area contributed by atoms with Crippen LogP contribution in [0.5, 0.6) is 5.75 Å². The summed E-state index contributed by atoms with van der Waals surface area (Å²) in [7, 11) is 0. The Balaban J connectivity index is 1.43. The zero-order valence-electron chi connectivity index (χ0n) is 17.6. The summed E-state index contributed by atoms with van der Waals surface area (Å²) in [5.74, 6) is -5.35. The van der Waals surface area contributed by atoms with Crippen molar-refractivity contribution in [1.29, 1.82) is 0 Å². The van der Waals surface area contributed by atoms with E-state index >= 15 is 0 Å². The van der Waals surface area contributed by atoms with Gasteiger partial charge in [0.15, 0.2) is 12.4 Å². The van der Waals surface area contributed by atoms with Crippen molar-refractivity contribution in [3.63, 3.8) is 0 Å². The van der Waals surface area contributed by atoms with Gasteiger partial charge in [0.1, 0.15) is 36.3 Å². The number of hydrogen-bond acceptors (Lipinski definition) is 13. The average Bonchev–Trinajstić information content (AvgIpc) is 3.40. The molecule has 10 atom stereocenters. The topological polar surface area (TPSA) is 202 Å². The molecule has 34 heavy (non-hydrogen) atoms. The van der Waals surface area contributed by atoms with Crippen molar-refractivity contribution in [3.05, 3.63) is 29.8 Å².